The molecule has 0 bridgehead atoms. The van der Waals surface area contributed by atoms with Gasteiger partial charge in [0.15, 0.2) is 5.78 Å². The van der Waals surface area contributed by atoms with Crippen molar-refractivity contribution in [1.82, 2.24) is 0 Å². The van der Waals surface area contributed by atoms with E-state index in [9.17, 15) is 4.79 Å². The minimum absolute atomic E-state index is 0.0887. The maximum atomic E-state index is 11.6. The Morgan fingerprint density at radius 3 is 2.93 bits per heavy atom. The van der Waals surface area contributed by atoms with E-state index in [2.05, 4.69) is 13.8 Å². The molecule has 2 heteroatoms. The van der Waals surface area contributed by atoms with Crippen molar-refractivity contribution in [3.63, 3.8) is 0 Å². The van der Waals surface area contributed by atoms with Crippen LogP contribution in [-0.4, -0.2) is 5.78 Å². The van der Waals surface area contributed by atoms with Crippen molar-refractivity contribution in [2.75, 3.05) is 0 Å². The fraction of sp³-hybridized carbons (Fsp3) is 0.417. The van der Waals surface area contributed by atoms with E-state index in [-0.39, 0.29) is 17.1 Å². The van der Waals surface area contributed by atoms with Gasteiger partial charge in [-0.05, 0) is 30.0 Å². The summed E-state index contributed by atoms with van der Waals surface area (Å²) in [5.74, 6) is 0.844. The zero-order valence-electron chi connectivity index (χ0n) is 8.49. The Morgan fingerprint density at radius 1 is 1.50 bits per heavy atom. The molecule has 0 saturated heterocycles. The third kappa shape index (κ3) is 1.65. The van der Waals surface area contributed by atoms with E-state index in [4.69, 9.17) is 4.42 Å². The predicted octanol–water partition coefficient (Wildman–Crippen LogP) is 2.92. The zero-order valence-corrected chi connectivity index (χ0v) is 8.49. The number of hydrogen-bond acceptors (Lipinski definition) is 2. The van der Waals surface area contributed by atoms with Crippen LogP contribution in [0.3, 0.4) is 0 Å². The summed E-state index contributed by atoms with van der Waals surface area (Å²) < 4.78 is 5.28. The molecule has 14 heavy (non-hydrogen) atoms. The molecular formula is C12H14O2. The minimum atomic E-state index is -0.0926. The monoisotopic (exact) mass is 190 g/mol. The maximum absolute atomic E-state index is 11.6. The molecule has 1 atom stereocenters. The van der Waals surface area contributed by atoms with Gasteiger partial charge in [-0.25, -0.2) is 0 Å². The molecule has 1 aromatic heterocycles. The van der Waals surface area contributed by atoms with Gasteiger partial charge in [-0.1, -0.05) is 19.9 Å². The van der Waals surface area contributed by atoms with E-state index in [1.54, 1.807) is 12.3 Å². The lowest BCUT2D eigenvalue weighted by Crippen LogP contribution is -2.23. The molecule has 0 aromatic carbocycles. The summed E-state index contributed by atoms with van der Waals surface area (Å²) in [4.78, 5) is 11.6. The Bertz CT molecular complexity index is 358. The third-order valence-corrected chi connectivity index (χ3v) is 2.66. The first-order valence-corrected chi connectivity index (χ1v) is 4.85. The highest BCUT2D eigenvalue weighted by Gasteiger charge is 2.31. The smallest absolute Gasteiger partial charge is 0.166 e. The van der Waals surface area contributed by atoms with E-state index in [1.807, 2.05) is 18.2 Å². The van der Waals surface area contributed by atoms with Crippen LogP contribution in [0.1, 0.15) is 31.9 Å². The van der Waals surface area contributed by atoms with Crippen molar-refractivity contribution in [3.05, 3.63) is 36.3 Å². The van der Waals surface area contributed by atoms with Gasteiger partial charge in [0.2, 0.25) is 0 Å². The Balaban J connectivity index is 2.30. The maximum Gasteiger partial charge on any atom is 0.166 e. The molecule has 1 aromatic rings. The van der Waals surface area contributed by atoms with Gasteiger partial charge in [0, 0.05) is 0 Å². The second-order valence-corrected chi connectivity index (χ2v) is 4.50. The fourth-order valence-electron chi connectivity index (χ4n) is 1.85. The standard InChI is InChI=1S/C12H14O2/c1-12(2)6-5-10(13)9(8-12)11-4-3-7-14-11/h3-7,9H,8H2,1-2H3. The van der Waals surface area contributed by atoms with Crippen molar-refractivity contribution < 1.29 is 9.21 Å². The summed E-state index contributed by atoms with van der Waals surface area (Å²) in [6, 6.07) is 3.70. The topological polar surface area (TPSA) is 30.2 Å². The van der Waals surface area contributed by atoms with Crippen LogP contribution in [-0.2, 0) is 4.79 Å². The molecule has 0 radical (unpaired) electrons. The van der Waals surface area contributed by atoms with Crippen LogP contribution in [0, 0.1) is 5.41 Å². The summed E-state index contributed by atoms with van der Waals surface area (Å²) in [5.41, 5.74) is 0.0887. The lowest BCUT2D eigenvalue weighted by Gasteiger charge is -2.28. The molecular weight excluding hydrogens is 176 g/mol. The normalized spacial score (nSPS) is 25.3. The molecule has 1 aliphatic carbocycles. The molecule has 0 saturated carbocycles. The molecule has 1 heterocycles. The summed E-state index contributed by atoms with van der Waals surface area (Å²) in [7, 11) is 0. The summed E-state index contributed by atoms with van der Waals surface area (Å²) in [6.07, 6.45) is 6.11. The molecule has 1 unspecified atom stereocenters. The number of ketones is 1. The highest BCUT2D eigenvalue weighted by molar-refractivity contribution is 5.96. The van der Waals surface area contributed by atoms with E-state index >= 15 is 0 Å². The molecule has 0 amide bonds. The number of carbonyl (C=O) groups excluding carboxylic acids is 1. The number of hydrogen-bond donors (Lipinski definition) is 0. The molecule has 1 aliphatic rings. The number of allylic oxidation sites excluding steroid dienone is 2. The van der Waals surface area contributed by atoms with Gasteiger partial charge >= 0.3 is 0 Å². The highest BCUT2D eigenvalue weighted by atomic mass is 16.3. The van der Waals surface area contributed by atoms with Crippen LogP contribution < -0.4 is 0 Å². The molecule has 0 spiro atoms. The first kappa shape index (κ1) is 9.25. The second kappa shape index (κ2) is 3.12. The van der Waals surface area contributed by atoms with Gasteiger partial charge in [0.25, 0.3) is 0 Å². The highest BCUT2D eigenvalue weighted by Crippen LogP contribution is 2.37. The van der Waals surface area contributed by atoms with Gasteiger partial charge in [-0.15, -0.1) is 0 Å². The number of furan rings is 1. The summed E-state index contributed by atoms with van der Waals surface area (Å²) in [6.45, 7) is 4.26. The van der Waals surface area contributed by atoms with Crippen molar-refractivity contribution in [3.8, 4) is 0 Å². The molecule has 0 aliphatic heterocycles. The number of carbonyl (C=O) groups is 1. The van der Waals surface area contributed by atoms with Crippen LogP contribution in [0.15, 0.2) is 35.0 Å². The lowest BCUT2D eigenvalue weighted by molar-refractivity contribution is -0.117. The van der Waals surface area contributed by atoms with Crippen LogP contribution in [0.4, 0.5) is 0 Å². The predicted molar refractivity (Wildman–Crippen MR) is 54.0 cm³/mol. The van der Waals surface area contributed by atoms with Gasteiger partial charge in [-0.2, -0.15) is 0 Å². The number of rotatable bonds is 1. The fourth-order valence-corrected chi connectivity index (χ4v) is 1.85. The van der Waals surface area contributed by atoms with Gasteiger partial charge in [0.05, 0.1) is 12.2 Å². The zero-order chi connectivity index (χ0) is 10.2. The average Bonchev–Trinajstić information content (AvgIpc) is 2.62. The Kier molecular flexibility index (Phi) is 2.06. The average molecular weight is 190 g/mol. The van der Waals surface area contributed by atoms with Crippen LogP contribution in [0.5, 0.6) is 0 Å². The van der Waals surface area contributed by atoms with Crippen molar-refractivity contribution in [1.29, 1.82) is 0 Å². The van der Waals surface area contributed by atoms with E-state index in [0.717, 1.165) is 12.2 Å². The van der Waals surface area contributed by atoms with Crippen LogP contribution >= 0.6 is 0 Å². The van der Waals surface area contributed by atoms with Gasteiger partial charge < -0.3 is 4.42 Å². The summed E-state index contributed by atoms with van der Waals surface area (Å²) in [5, 5.41) is 0. The van der Waals surface area contributed by atoms with E-state index in [1.165, 1.54) is 0 Å². The molecule has 0 fully saturated rings. The lowest BCUT2D eigenvalue weighted by atomic mass is 9.75. The Labute approximate surface area is 83.6 Å². The molecule has 2 rings (SSSR count). The Morgan fingerprint density at radius 2 is 2.29 bits per heavy atom. The minimum Gasteiger partial charge on any atom is -0.469 e. The van der Waals surface area contributed by atoms with Crippen molar-refractivity contribution in [2.24, 2.45) is 5.41 Å². The van der Waals surface area contributed by atoms with Crippen LogP contribution in [0.25, 0.3) is 0 Å². The third-order valence-electron chi connectivity index (χ3n) is 2.66. The molecule has 74 valence electrons. The summed E-state index contributed by atoms with van der Waals surface area (Å²) >= 11 is 0. The first-order chi connectivity index (χ1) is 6.58. The second-order valence-electron chi connectivity index (χ2n) is 4.50. The van der Waals surface area contributed by atoms with Gasteiger partial charge in [-0.3, -0.25) is 4.79 Å². The first-order valence-electron chi connectivity index (χ1n) is 4.85. The van der Waals surface area contributed by atoms with E-state index in [0.29, 0.717) is 0 Å². The van der Waals surface area contributed by atoms with Gasteiger partial charge in [0.1, 0.15) is 5.76 Å². The molecule has 2 nitrogen and oxygen atoms in total. The SMILES string of the molecule is CC1(C)C=CC(=O)C(c2ccco2)C1. The van der Waals surface area contributed by atoms with Crippen molar-refractivity contribution in [2.45, 2.75) is 26.2 Å². The Hall–Kier alpha value is -1.31. The van der Waals surface area contributed by atoms with Crippen molar-refractivity contribution >= 4 is 5.78 Å². The van der Waals surface area contributed by atoms with E-state index < -0.39 is 0 Å². The quantitative estimate of drug-likeness (QED) is 0.681. The largest absolute Gasteiger partial charge is 0.469 e. The molecule has 0 N–H and O–H groups in total. The van der Waals surface area contributed by atoms with Crippen LogP contribution in [0.2, 0.25) is 0 Å².